The molecule has 3 heterocycles. The summed E-state index contributed by atoms with van der Waals surface area (Å²) in [6, 6.07) is 7.66. The normalized spacial score (nSPS) is 14.8. The highest BCUT2D eigenvalue weighted by Gasteiger charge is 2.22. The Labute approximate surface area is 139 Å². The standard InChI is InChI=1S/C17H18ClN5/c1-11-15-16(22-9-3-4-10-22)19-12(2)20-17(15)23(21-11)14-7-5-13(18)6-8-14/h5-8H,3-4,9-10H2,1-2H3. The molecule has 118 valence electrons. The van der Waals surface area contributed by atoms with Crippen molar-refractivity contribution in [3.63, 3.8) is 0 Å². The van der Waals surface area contributed by atoms with E-state index in [1.807, 2.05) is 42.8 Å². The number of benzene rings is 1. The minimum absolute atomic E-state index is 0.713. The molecule has 3 aromatic rings. The van der Waals surface area contributed by atoms with Gasteiger partial charge in [0.25, 0.3) is 0 Å². The number of nitrogens with zero attached hydrogens (tertiary/aromatic N) is 5. The molecule has 1 saturated heterocycles. The number of anilines is 1. The molecule has 0 N–H and O–H groups in total. The van der Waals surface area contributed by atoms with Crippen molar-refractivity contribution in [1.82, 2.24) is 19.7 Å². The molecular formula is C17H18ClN5. The van der Waals surface area contributed by atoms with E-state index in [9.17, 15) is 0 Å². The molecule has 0 amide bonds. The number of fused-ring (bicyclic) bond motifs is 1. The zero-order valence-electron chi connectivity index (χ0n) is 13.3. The molecule has 0 spiro atoms. The summed E-state index contributed by atoms with van der Waals surface area (Å²) >= 11 is 6.00. The predicted octanol–water partition coefficient (Wildman–Crippen LogP) is 3.69. The fourth-order valence-electron chi connectivity index (χ4n) is 3.19. The van der Waals surface area contributed by atoms with Gasteiger partial charge in [0.05, 0.1) is 16.8 Å². The van der Waals surface area contributed by atoms with Crippen LogP contribution in [0.4, 0.5) is 5.82 Å². The Hall–Kier alpha value is -2.14. The van der Waals surface area contributed by atoms with Crippen LogP contribution in [0.2, 0.25) is 5.02 Å². The van der Waals surface area contributed by atoms with E-state index in [1.165, 1.54) is 12.8 Å². The highest BCUT2D eigenvalue weighted by atomic mass is 35.5. The van der Waals surface area contributed by atoms with Gasteiger partial charge in [0.15, 0.2) is 5.65 Å². The number of halogens is 1. The van der Waals surface area contributed by atoms with E-state index in [0.29, 0.717) is 5.02 Å². The Morgan fingerprint density at radius 2 is 1.70 bits per heavy atom. The topological polar surface area (TPSA) is 46.8 Å². The number of aromatic nitrogens is 4. The van der Waals surface area contributed by atoms with E-state index < -0.39 is 0 Å². The first kappa shape index (κ1) is 14.5. The van der Waals surface area contributed by atoms with Crippen molar-refractivity contribution in [2.24, 2.45) is 0 Å². The largest absolute Gasteiger partial charge is 0.356 e. The fourth-order valence-corrected chi connectivity index (χ4v) is 3.31. The zero-order valence-corrected chi connectivity index (χ0v) is 14.0. The van der Waals surface area contributed by atoms with Gasteiger partial charge in [0.1, 0.15) is 11.6 Å². The molecule has 1 aromatic carbocycles. The fraction of sp³-hybridized carbons (Fsp3) is 0.353. The van der Waals surface area contributed by atoms with Crippen LogP contribution in [0.15, 0.2) is 24.3 Å². The van der Waals surface area contributed by atoms with Crippen LogP contribution in [0.1, 0.15) is 24.4 Å². The van der Waals surface area contributed by atoms with Crippen LogP contribution in [-0.2, 0) is 0 Å². The second-order valence-corrected chi connectivity index (χ2v) is 6.40. The van der Waals surface area contributed by atoms with Crippen molar-refractivity contribution in [2.75, 3.05) is 18.0 Å². The number of rotatable bonds is 2. The maximum atomic E-state index is 6.00. The molecule has 1 aliphatic heterocycles. The summed E-state index contributed by atoms with van der Waals surface area (Å²) in [4.78, 5) is 11.7. The van der Waals surface area contributed by atoms with Gasteiger partial charge in [-0.1, -0.05) is 11.6 Å². The van der Waals surface area contributed by atoms with Crippen molar-refractivity contribution in [1.29, 1.82) is 0 Å². The number of hydrogen-bond acceptors (Lipinski definition) is 4. The van der Waals surface area contributed by atoms with Gasteiger partial charge >= 0.3 is 0 Å². The van der Waals surface area contributed by atoms with Crippen LogP contribution in [0.25, 0.3) is 16.7 Å². The van der Waals surface area contributed by atoms with Crippen LogP contribution in [0.5, 0.6) is 0 Å². The van der Waals surface area contributed by atoms with Gasteiger partial charge in [0.2, 0.25) is 0 Å². The Morgan fingerprint density at radius 1 is 1.00 bits per heavy atom. The van der Waals surface area contributed by atoms with Crippen molar-refractivity contribution >= 4 is 28.5 Å². The molecule has 0 aliphatic carbocycles. The molecule has 0 unspecified atom stereocenters. The molecule has 0 atom stereocenters. The molecule has 4 rings (SSSR count). The second kappa shape index (κ2) is 5.49. The lowest BCUT2D eigenvalue weighted by Crippen LogP contribution is -2.20. The monoisotopic (exact) mass is 327 g/mol. The molecule has 0 radical (unpaired) electrons. The third kappa shape index (κ3) is 2.45. The van der Waals surface area contributed by atoms with Crippen molar-refractivity contribution in [2.45, 2.75) is 26.7 Å². The molecule has 0 saturated carbocycles. The second-order valence-electron chi connectivity index (χ2n) is 5.96. The maximum Gasteiger partial charge on any atom is 0.168 e. The summed E-state index contributed by atoms with van der Waals surface area (Å²) in [6.45, 7) is 6.06. The number of aryl methyl sites for hydroxylation is 2. The highest BCUT2D eigenvalue weighted by molar-refractivity contribution is 6.30. The van der Waals surface area contributed by atoms with E-state index in [4.69, 9.17) is 21.7 Å². The maximum absolute atomic E-state index is 6.00. The van der Waals surface area contributed by atoms with Crippen LogP contribution < -0.4 is 4.90 Å². The minimum atomic E-state index is 0.713. The molecule has 23 heavy (non-hydrogen) atoms. The molecule has 6 heteroatoms. The first-order valence-electron chi connectivity index (χ1n) is 7.88. The molecule has 5 nitrogen and oxygen atoms in total. The quantitative estimate of drug-likeness (QED) is 0.720. The smallest absolute Gasteiger partial charge is 0.168 e. The Balaban J connectivity index is 1.95. The molecule has 1 aliphatic rings. The van der Waals surface area contributed by atoms with Crippen LogP contribution in [0, 0.1) is 13.8 Å². The molecule has 1 fully saturated rings. The summed E-state index contributed by atoms with van der Waals surface area (Å²) in [5.74, 6) is 1.79. The van der Waals surface area contributed by atoms with E-state index in [2.05, 4.69) is 9.88 Å². The Morgan fingerprint density at radius 3 is 2.39 bits per heavy atom. The average molecular weight is 328 g/mol. The van der Waals surface area contributed by atoms with Crippen LogP contribution in [-0.4, -0.2) is 32.8 Å². The lowest BCUT2D eigenvalue weighted by Gasteiger charge is -2.17. The SMILES string of the molecule is Cc1nc(N2CCCC2)c2c(C)nn(-c3ccc(Cl)cc3)c2n1. The third-order valence-electron chi connectivity index (χ3n) is 4.27. The van der Waals surface area contributed by atoms with E-state index in [0.717, 1.165) is 47.1 Å². The van der Waals surface area contributed by atoms with Crippen LogP contribution in [0.3, 0.4) is 0 Å². The van der Waals surface area contributed by atoms with Gasteiger partial charge in [-0.05, 0) is 51.0 Å². The molecule has 0 bridgehead atoms. The van der Waals surface area contributed by atoms with E-state index in [1.54, 1.807) is 0 Å². The Kier molecular flexibility index (Phi) is 3.45. The summed E-state index contributed by atoms with van der Waals surface area (Å²) < 4.78 is 1.88. The van der Waals surface area contributed by atoms with Gasteiger partial charge in [-0.2, -0.15) is 5.10 Å². The summed E-state index contributed by atoms with van der Waals surface area (Å²) in [7, 11) is 0. The van der Waals surface area contributed by atoms with Crippen molar-refractivity contribution < 1.29 is 0 Å². The zero-order chi connectivity index (χ0) is 16.0. The lowest BCUT2D eigenvalue weighted by atomic mass is 10.2. The highest BCUT2D eigenvalue weighted by Crippen LogP contribution is 2.30. The first-order chi connectivity index (χ1) is 11.1. The predicted molar refractivity (Wildman–Crippen MR) is 92.6 cm³/mol. The minimum Gasteiger partial charge on any atom is -0.356 e. The summed E-state index contributed by atoms with van der Waals surface area (Å²) in [5.41, 5.74) is 2.77. The summed E-state index contributed by atoms with van der Waals surface area (Å²) in [5, 5.41) is 6.47. The number of hydrogen-bond donors (Lipinski definition) is 0. The van der Waals surface area contributed by atoms with Gasteiger partial charge in [-0.15, -0.1) is 0 Å². The Bertz CT molecular complexity index is 863. The van der Waals surface area contributed by atoms with Gasteiger partial charge < -0.3 is 4.90 Å². The molecular weight excluding hydrogens is 310 g/mol. The van der Waals surface area contributed by atoms with Crippen molar-refractivity contribution in [3.8, 4) is 5.69 Å². The van der Waals surface area contributed by atoms with Gasteiger partial charge in [0, 0.05) is 18.1 Å². The van der Waals surface area contributed by atoms with Gasteiger partial charge in [-0.25, -0.2) is 14.6 Å². The van der Waals surface area contributed by atoms with E-state index >= 15 is 0 Å². The van der Waals surface area contributed by atoms with Gasteiger partial charge in [-0.3, -0.25) is 0 Å². The third-order valence-corrected chi connectivity index (χ3v) is 4.52. The van der Waals surface area contributed by atoms with Crippen LogP contribution >= 0.6 is 11.6 Å². The average Bonchev–Trinajstić information content (AvgIpc) is 3.16. The molecule has 2 aromatic heterocycles. The van der Waals surface area contributed by atoms with E-state index in [-0.39, 0.29) is 0 Å². The lowest BCUT2D eigenvalue weighted by molar-refractivity contribution is 0.870. The summed E-state index contributed by atoms with van der Waals surface area (Å²) in [6.07, 6.45) is 2.43. The van der Waals surface area contributed by atoms with Crippen molar-refractivity contribution in [3.05, 3.63) is 40.8 Å². The first-order valence-corrected chi connectivity index (χ1v) is 8.26.